The van der Waals surface area contributed by atoms with E-state index in [-0.39, 0.29) is 6.61 Å². The van der Waals surface area contributed by atoms with Crippen molar-refractivity contribution in [2.45, 2.75) is 58.3 Å². The Labute approximate surface area is 117 Å². The van der Waals surface area contributed by atoms with E-state index in [9.17, 15) is 0 Å². The molecule has 2 nitrogen and oxygen atoms in total. The highest BCUT2D eigenvalue weighted by Crippen LogP contribution is 2.15. The first-order chi connectivity index (χ1) is 9.36. The molecule has 0 spiro atoms. The van der Waals surface area contributed by atoms with Crippen molar-refractivity contribution in [3.63, 3.8) is 0 Å². The van der Waals surface area contributed by atoms with Gasteiger partial charge in [-0.15, -0.1) is 0 Å². The van der Waals surface area contributed by atoms with Gasteiger partial charge in [0.25, 0.3) is 0 Å². The van der Waals surface area contributed by atoms with Crippen molar-refractivity contribution < 1.29 is 9.84 Å². The number of ether oxygens (including phenoxy) is 1. The van der Waals surface area contributed by atoms with E-state index in [1.54, 1.807) is 0 Å². The van der Waals surface area contributed by atoms with Crippen molar-refractivity contribution in [3.05, 3.63) is 29.8 Å². The Kier molecular flexibility index (Phi) is 9.17. The maximum absolute atomic E-state index is 8.83. The van der Waals surface area contributed by atoms with Crippen molar-refractivity contribution in [3.8, 4) is 5.75 Å². The first-order valence-electron chi connectivity index (χ1n) is 7.69. The number of aryl methyl sites for hydroxylation is 1. The summed E-state index contributed by atoms with van der Waals surface area (Å²) in [5.41, 5.74) is 1.24. The number of hydrogen-bond donors (Lipinski definition) is 1. The smallest absolute Gasteiger partial charge is 0.119 e. The summed E-state index contributed by atoms with van der Waals surface area (Å²) >= 11 is 0. The first-order valence-corrected chi connectivity index (χ1v) is 7.69. The molecule has 19 heavy (non-hydrogen) atoms. The van der Waals surface area contributed by atoms with Crippen molar-refractivity contribution in [1.82, 2.24) is 0 Å². The van der Waals surface area contributed by atoms with Crippen LogP contribution >= 0.6 is 0 Å². The third-order valence-electron chi connectivity index (χ3n) is 3.29. The Hall–Kier alpha value is -1.02. The van der Waals surface area contributed by atoms with Crippen LogP contribution in [0.4, 0.5) is 0 Å². The molecule has 0 heterocycles. The first kappa shape index (κ1) is 16.0. The summed E-state index contributed by atoms with van der Waals surface area (Å²) in [5, 5.41) is 8.83. The van der Waals surface area contributed by atoms with Gasteiger partial charge in [0.2, 0.25) is 0 Å². The normalized spacial score (nSPS) is 10.6. The minimum absolute atomic E-state index is 0.253. The summed E-state index contributed by atoms with van der Waals surface area (Å²) in [6, 6.07) is 8.23. The van der Waals surface area contributed by atoms with E-state index < -0.39 is 0 Å². The summed E-state index contributed by atoms with van der Waals surface area (Å²) < 4.78 is 5.77. The van der Waals surface area contributed by atoms with Crippen LogP contribution in [0.5, 0.6) is 5.75 Å². The molecule has 108 valence electrons. The summed E-state index contributed by atoms with van der Waals surface area (Å²) in [5.74, 6) is 0.962. The van der Waals surface area contributed by atoms with E-state index >= 15 is 0 Å². The van der Waals surface area contributed by atoms with E-state index in [1.165, 1.54) is 37.7 Å². The minimum Gasteiger partial charge on any atom is -0.494 e. The van der Waals surface area contributed by atoms with Crippen LogP contribution < -0.4 is 4.74 Å². The molecule has 0 aliphatic heterocycles. The highest BCUT2D eigenvalue weighted by Gasteiger charge is 1.97. The van der Waals surface area contributed by atoms with Crippen LogP contribution in [0.1, 0.15) is 57.4 Å². The maximum Gasteiger partial charge on any atom is 0.119 e. The van der Waals surface area contributed by atoms with E-state index in [0.717, 1.165) is 31.6 Å². The number of hydrogen-bond acceptors (Lipinski definition) is 2. The highest BCUT2D eigenvalue weighted by atomic mass is 16.5. The SMILES string of the molecule is CCCCCCCCOc1cccc(CCCO)c1. The second kappa shape index (κ2) is 10.9. The molecule has 1 N–H and O–H groups in total. The molecule has 2 heteroatoms. The monoisotopic (exact) mass is 264 g/mol. The Morgan fingerprint density at radius 1 is 1.00 bits per heavy atom. The fourth-order valence-electron chi connectivity index (χ4n) is 2.15. The molecule has 0 aliphatic rings. The average molecular weight is 264 g/mol. The number of rotatable bonds is 11. The van der Waals surface area contributed by atoms with E-state index in [4.69, 9.17) is 9.84 Å². The average Bonchev–Trinajstić information content (AvgIpc) is 2.44. The van der Waals surface area contributed by atoms with E-state index in [2.05, 4.69) is 19.1 Å². The number of aliphatic hydroxyl groups is 1. The quantitative estimate of drug-likeness (QED) is 0.602. The third kappa shape index (κ3) is 7.89. The second-order valence-corrected chi connectivity index (χ2v) is 5.09. The second-order valence-electron chi connectivity index (χ2n) is 5.09. The van der Waals surface area contributed by atoms with Crippen molar-refractivity contribution in [1.29, 1.82) is 0 Å². The lowest BCUT2D eigenvalue weighted by Crippen LogP contribution is -1.98. The van der Waals surface area contributed by atoms with Crippen LogP contribution in [0.2, 0.25) is 0 Å². The van der Waals surface area contributed by atoms with Crippen LogP contribution in [0.15, 0.2) is 24.3 Å². The molecule has 0 aliphatic carbocycles. The van der Waals surface area contributed by atoms with Gasteiger partial charge in [-0.2, -0.15) is 0 Å². The predicted molar refractivity (Wildman–Crippen MR) is 80.7 cm³/mol. The van der Waals surface area contributed by atoms with Gasteiger partial charge >= 0.3 is 0 Å². The number of unbranched alkanes of at least 4 members (excludes halogenated alkanes) is 5. The molecule has 0 fully saturated rings. The van der Waals surface area contributed by atoms with Crippen molar-refractivity contribution >= 4 is 0 Å². The summed E-state index contributed by atoms with van der Waals surface area (Å²) in [6.07, 6.45) is 9.49. The zero-order valence-electron chi connectivity index (χ0n) is 12.2. The van der Waals surface area contributed by atoms with Gasteiger partial charge < -0.3 is 9.84 Å². The van der Waals surface area contributed by atoms with Gasteiger partial charge in [-0.3, -0.25) is 0 Å². The van der Waals surface area contributed by atoms with Gasteiger partial charge in [0.15, 0.2) is 0 Å². The lowest BCUT2D eigenvalue weighted by molar-refractivity contribution is 0.288. The molecular formula is C17H28O2. The molecule has 0 atom stereocenters. The predicted octanol–water partition coefficient (Wildman–Crippen LogP) is 4.35. The van der Waals surface area contributed by atoms with Gasteiger partial charge in [0, 0.05) is 6.61 Å². The van der Waals surface area contributed by atoms with Crippen LogP contribution in [0.25, 0.3) is 0 Å². The number of aliphatic hydroxyl groups excluding tert-OH is 1. The zero-order chi connectivity index (χ0) is 13.8. The van der Waals surface area contributed by atoms with Crippen molar-refractivity contribution in [2.24, 2.45) is 0 Å². The largest absolute Gasteiger partial charge is 0.494 e. The maximum atomic E-state index is 8.83. The van der Waals surface area contributed by atoms with Crippen LogP contribution in [0.3, 0.4) is 0 Å². The van der Waals surface area contributed by atoms with Gasteiger partial charge in [-0.1, -0.05) is 51.2 Å². The number of benzene rings is 1. The fourth-order valence-corrected chi connectivity index (χ4v) is 2.15. The standard InChI is InChI=1S/C17H28O2/c1-2-3-4-5-6-7-14-19-17-12-8-10-16(15-17)11-9-13-18/h8,10,12,15,18H,2-7,9,11,13-14H2,1H3. The Morgan fingerprint density at radius 3 is 2.58 bits per heavy atom. The molecule has 1 rings (SSSR count). The molecule has 0 amide bonds. The molecular weight excluding hydrogens is 236 g/mol. The lowest BCUT2D eigenvalue weighted by Gasteiger charge is -2.08. The molecule has 0 unspecified atom stereocenters. The summed E-state index contributed by atoms with van der Waals surface area (Å²) in [4.78, 5) is 0. The molecule has 1 aromatic carbocycles. The molecule has 0 bridgehead atoms. The highest BCUT2D eigenvalue weighted by molar-refractivity contribution is 5.28. The fraction of sp³-hybridized carbons (Fsp3) is 0.647. The summed E-state index contributed by atoms with van der Waals surface area (Å²) in [7, 11) is 0. The summed E-state index contributed by atoms with van der Waals surface area (Å²) in [6.45, 7) is 3.31. The third-order valence-corrected chi connectivity index (χ3v) is 3.29. The van der Waals surface area contributed by atoms with Crippen LogP contribution in [-0.2, 0) is 6.42 Å². The van der Waals surface area contributed by atoms with Gasteiger partial charge in [0.1, 0.15) is 5.75 Å². The van der Waals surface area contributed by atoms with Crippen LogP contribution in [0, 0.1) is 0 Å². The zero-order valence-corrected chi connectivity index (χ0v) is 12.2. The topological polar surface area (TPSA) is 29.5 Å². The Morgan fingerprint density at radius 2 is 1.79 bits per heavy atom. The molecule has 0 aromatic heterocycles. The van der Waals surface area contributed by atoms with Crippen molar-refractivity contribution in [2.75, 3.05) is 13.2 Å². The molecule has 0 radical (unpaired) electrons. The van der Waals surface area contributed by atoms with Gasteiger partial charge in [-0.05, 0) is 37.0 Å². The molecule has 0 saturated carbocycles. The van der Waals surface area contributed by atoms with Gasteiger partial charge in [0.05, 0.1) is 6.61 Å². The molecule has 1 aromatic rings. The van der Waals surface area contributed by atoms with Gasteiger partial charge in [-0.25, -0.2) is 0 Å². The lowest BCUT2D eigenvalue weighted by atomic mass is 10.1. The Balaban J connectivity index is 2.14. The van der Waals surface area contributed by atoms with E-state index in [0.29, 0.717) is 0 Å². The van der Waals surface area contributed by atoms with E-state index in [1.807, 2.05) is 12.1 Å². The Bertz CT molecular complexity index is 323. The molecule has 0 saturated heterocycles. The minimum atomic E-state index is 0.253. The van der Waals surface area contributed by atoms with Crippen LogP contribution in [-0.4, -0.2) is 18.3 Å².